The molecule has 0 radical (unpaired) electrons. The number of benzene rings is 3. The lowest BCUT2D eigenvalue weighted by Gasteiger charge is -2.25. The molecule has 5 nitrogen and oxygen atoms in total. The number of aliphatic hydroxyl groups excluding tert-OH is 1. The number of amides is 1. The van der Waals surface area contributed by atoms with E-state index in [4.69, 9.17) is 16.3 Å². The number of halogens is 1. The molecule has 0 aliphatic carbocycles. The van der Waals surface area contributed by atoms with Crippen LogP contribution >= 0.6 is 11.6 Å². The number of nitrogens with zero attached hydrogens (tertiary/aromatic N) is 1. The molecule has 1 saturated heterocycles. The van der Waals surface area contributed by atoms with Crippen molar-refractivity contribution in [1.29, 1.82) is 0 Å². The highest BCUT2D eigenvalue weighted by Gasteiger charge is 2.46. The first kappa shape index (κ1) is 21.7. The zero-order valence-corrected chi connectivity index (χ0v) is 18.4. The van der Waals surface area contributed by atoms with E-state index in [-0.39, 0.29) is 17.4 Å². The third-order valence-corrected chi connectivity index (χ3v) is 5.42. The van der Waals surface area contributed by atoms with E-state index in [0.717, 1.165) is 0 Å². The average molecular weight is 448 g/mol. The number of Topliss-reactive ketones (excluding diaryl/α,β-unsaturated/α-hetero) is 1. The second kappa shape index (κ2) is 8.89. The number of rotatable bonds is 5. The van der Waals surface area contributed by atoms with Gasteiger partial charge in [-0.05, 0) is 67.9 Å². The van der Waals surface area contributed by atoms with Gasteiger partial charge in [0, 0.05) is 16.3 Å². The lowest BCUT2D eigenvalue weighted by Crippen LogP contribution is -2.29. The highest BCUT2D eigenvalue weighted by Crippen LogP contribution is 2.42. The summed E-state index contributed by atoms with van der Waals surface area (Å²) in [6.45, 7) is 3.86. The minimum atomic E-state index is -0.774. The number of aliphatic hydroxyl groups is 1. The van der Waals surface area contributed by atoms with Crippen LogP contribution in [0, 0.1) is 0 Å². The zero-order valence-electron chi connectivity index (χ0n) is 17.7. The number of ether oxygens (including phenoxy) is 1. The van der Waals surface area contributed by atoms with Crippen LogP contribution in [0.4, 0.5) is 5.69 Å². The molecule has 6 heteroatoms. The molecule has 0 spiro atoms. The summed E-state index contributed by atoms with van der Waals surface area (Å²) in [6.07, 6.45) is 0.0128. The van der Waals surface area contributed by atoms with Crippen molar-refractivity contribution in [2.45, 2.75) is 26.0 Å². The molecule has 1 atom stereocenters. The van der Waals surface area contributed by atoms with Crippen molar-refractivity contribution in [2.24, 2.45) is 0 Å². The maximum atomic E-state index is 13.1. The SMILES string of the molecule is CC(C)Oc1ccc(N2C(=O)C(=O)/C(=C(/O)c3ccc(Cl)cc3)C2c2ccccc2)cc1. The molecule has 1 aliphatic rings. The molecular formula is C26H22ClNO4. The second-order valence-electron chi connectivity index (χ2n) is 7.75. The molecule has 4 rings (SSSR count). The number of carbonyl (C=O) groups is 2. The monoisotopic (exact) mass is 447 g/mol. The quantitative estimate of drug-likeness (QED) is 0.307. The summed E-state index contributed by atoms with van der Waals surface area (Å²) in [5.74, 6) is -1.02. The van der Waals surface area contributed by atoms with Crippen LogP contribution in [0.3, 0.4) is 0 Å². The fraction of sp³-hybridized carbons (Fsp3) is 0.154. The van der Waals surface area contributed by atoms with E-state index < -0.39 is 17.7 Å². The third-order valence-electron chi connectivity index (χ3n) is 5.16. The Kier molecular flexibility index (Phi) is 6.01. The number of hydrogen-bond acceptors (Lipinski definition) is 4. The van der Waals surface area contributed by atoms with Crippen molar-refractivity contribution in [1.82, 2.24) is 0 Å². The van der Waals surface area contributed by atoms with Crippen molar-refractivity contribution >= 4 is 34.7 Å². The van der Waals surface area contributed by atoms with E-state index >= 15 is 0 Å². The fourth-order valence-corrected chi connectivity index (χ4v) is 3.90. The molecule has 162 valence electrons. The summed E-state index contributed by atoms with van der Waals surface area (Å²) in [5.41, 5.74) is 1.69. The molecule has 1 unspecified atom stereocenters. The minimum Gasteiger partial charge on any atom is -0.507 e. The molecule has 1 amide bonds. The molecule has 3 aromatic carbocycles. The van der Waals surface area contributed by atoms with Crippen LogP contribution in [0.15, 0.2) is 84.4 Å². The van der Waals surface area contributed by atoms with Gasteiger partial charge in [-0.15, -0.1) is 0 Å². The summed E-state index contributed by atoms with van der Waals surface area (Å²) >= 11 is 5.96. The highest BCUT2D eigenvalue weighted by atomic mass is 35.5. The van der Waals surface area contributed by atoms with Crippen molar-refractivity contribution < 1.29 is 19.4 Å². The van der Waals surface area contributed by atoms with E-state index in [1.165, 1.54) is 4.90 Å². The van der Waals surface area contributed by atoms with Gasteiger partial charge in [-0.1, -0.05) is 41.9 Å². The van der Waals surface area contributed by atoms with Gasteiger partial charge in [-0.3, -0.25) is 14.5 Å². The smallest absolute Gasteiger partial charge is 0.300 e. The second-order valence-corrected chi connectivity index (χ2v) is 8.18. The Hall–Kier alpha value is -3.57. The number of carbonyl (C=O) groups excluding carboxylic acids is 2. The van der Waals surface area contributed by atoms with Gasteiger partial charge in [0.2, 0.25) is 0 Å². The highest BCUT2D eigenvalue weighted by molar-refractivity contribution is 6.51. The lowest BCUT2D eigenvalue weighted by atomic mass is 9.95. The Labute approximate surface area is 191 Å². The van der Waals surface area contributed by atoms with Gasteiger partial charge in [-0.25, -0.2) is 0 Å². The van der Waals surface area contributed by atoms with Crippen LogP contribution < -0.4 is 9.64 Å². The van der Waals surface area contributed by atoms with Crippen LogP contribution in [0.5, 0.6) is 5.75 Å². The lowest BCUT2D eigenvalue weighted by molar-refractivity contribution is -0.132. The van der Waals surface area contributed by atoms with Crippen LogP contribution in [-0.4, -0.2) is 22.9 Å². The largest absolute Gasteiger partial charge is 0.507 e. The Bertz CT molecular complexity index is 1170. The van der Waals surface area contributed by atoms with E-state index in [1.54, 1.807) is 48.5 Å². The standard InChI is InChI=1S/C26H22ClNO4/c1-16(2)32-21-14-12-20(13-15-21)28-23(17-6-4-3-5-7-17)22(25(30)26(28)31)24(29)18-8-10-19(27)11-9-18/h3-16,23,29H,1-2H3/b24-22+. The normalized spacial score (nSPS) is 17.8. The molecule has 0 bridgehead atoms. The van der Waals surface area contributed by atoms with Crippen molar-refractivity contribution in [2.75, 3.05) is 4.90 Å². The van der Waals surface area contributed by atoms with Crippen molar-refractivity contribution in [3.63, 3.8) is 0 Å². The Balaban J connectivity index is 1.85. The van der Waals surface area contributed by atoms with Crippen molar-refractivity contribution in [3.05, 3.63) is 101 Å². The van der Waals surface area contributed by atoms with Gasteiger partial charge in [0.15, 0.2) is 0 Å². The summed E-state index contributed by atoms with van der Waals surface area (Å²) in [7, 11) is 0. The van der Waals surface area contributed by atoms with Crippen LogP contribution in [0.25, 0.3) is 5.76 Å². The van der Waals surface area contributed by atoms with E-state index in [2.05, 4.69) is 0 Å². The van der Waals surface area contributed by atoms with Gasteiger partial charge in [0.25, 0.3) is 11.7 Å². The van der Waals surface area contributed by atoms with E-state index in [9.17, 15) is 14.7 Å². The van der Waals surface area contributed by atoms with Crippen LogP contribution in [0.1, 0.15) is 31.0 Å². The van der Waals surface area contributed by atoms with E-state index in [1.807, 2.05) is 44.2 Å². The van der Waals surface area contributed by atoms with Crippen molar-refractivity contribution in [3.8, 4) is 5.75 Å². The predicted molar refractivity (Wildman–Crippen MR) is 125 cm³/mol. The summed E-state index contributed by atoms with van der Waals surface area (Å²) < 4.78 is 5.69. The Morgan fingerprint density at radius 3 is 2.16 bits per heavy atom. The molecule has 1 N–H and O–H groups in total. The van der Waals surface area contributed by atoms with Gasteiger partial charge in [-0.2, -0.15) is 0 Å². The molecule has 0 saturated carbocycles. The zero-order chi connectivity index (χ0) is 22.8. The molecule has 1 aliphatic heterocycles. The molecule has 0 aromatic heterocycles. The van der Waals surface area contributed by atoms with Crippen LogP contribution in [0.2, 0.25) is 5.02 Å². The number of anilines is 1. The number of ketones is 1. The van der Waals surface area contributed by atoms with E-state index in [0.29, 0.717) is 27.6 Å². The first-order valence-electron chi connectivity index (χ1n) is 10.3. The molecule has 1 fully saturated rings. The Morgan fingerprint density at radius 2 is 1.56 bits per heavy atom. The molecule has 1 heterocycles. The van der Waals surface area contributed by atoms with Gasteiger partial charge in [0.05, 0.1) is 17.7 Å². The minimum absolute atomic E-state index is 0.0128. The fourth-order valence-electron chi connectivity index (χ4n) is 3.77. The summed E-state index contributed by atoms with van der Waals surface area (Å²) in [4.78, 5) is 27.7. The third kappa shape index (κ3) is 4.12. The summed E-state index contributed by atoms with van der Waals surface area (Å²) in [6, 6.07) is 21.9. The topological polar surface area (TPSA) is 66.8 Å². The Morgan fingerprint density at radius 1 is 0.938 bits per heavy atom. The summed E-state index contributed by atoms with van der Waals surface area (Å²) in [5, 5.41) is 11.6. The first-order chi connectivity index (χ1) is 15.4. The maximum absolute atomic E-state index is 13.1. The first-order valence-corrected chi connectivity index (χ1v) is 10.6. The predicted octanol–water partition coefficient (Wildman–Crippen LogP) is 5.75. The van der Waals surface area contributed by atoms with Gasteiger partial charge in [0.1, 0.15) is 11.5 Å². The number of hydrogen-bond donors (Lipinski definition) is 1. The average Bonchev–Trinajstić information content (AvgIpc) is 3.05. The molecule has 32 heavy (non-hydrogen) atoms. The molecular weight excluding hydrogens is 426 g/mol. The maximum Gasteiger partial charge on any atom is 0.300 e. The van der Waals surface area contributed by atoms with Crippen LogP contribution in [-0.2, 0) is 9.59 Å². The van der Waals surface area contributed by atoms with Gasteiger partial charge < -0.3 is 9.84 Å². The molecule has 3 aromatic rings. The van der Waals surface area contributed by atoms with Gasteiger partial charge >= 0.3 is 0 Å².